The monoisotopic (exact) mass is 431 g/mol. The number of nitrogens with two attached hydrogens (primary N) is 2. The minimum atomic E-state index is -0.520. The quantitative estimate of drug-likeness (QED) is 0.765. The van der Waals surface area contributed by atoms with E-state index < -0.39 is 5.66 Å². The van der Waals surface area contributed by atoms with Gasteiger partial charge in [0, 0.05) is 32.6 Å². The fraction of sp³-hybridized carbons (Fsp3) is 0.571. The van der Waals surface area contributed by atoms with Crippen LogP contribution in [0, 0.1) is 0 Å². The SMILES string of the molecule is CCC(=O)N1CCN(c2c(Cl)cccc2N2C(N)=NC(N)=NC23CCCCC3)CC1. The van der Waals surface area contributed by atoms with Crippen LogP contribution in [0.25, 0.3) is 0 Å². The first-order chi connectivity index (χ1) is 14.4. The van der Waals surface area contributed by atoms with Gasteiger partial charge in [-0.3, -0.25) is 9.69 Å². The van der Waals surface area contributed by atoms with Gasteiger partial charge in [-0.1, -0.05) is 31.0 Å². The molecule has 0 aromatic heterocycles. The van der Waals surface area contributed by atoms with Crippen LogP contribution < -0.4 is 21.3 Å². The maximum Gasteiger partial charge on any atom is 0.222 e. The second-order valence-corrected chi connectivity index (χ2v) is 8.55. The van der Waals surface area contributed by atoms with E-state index in [1.54, 1.807) is 0 Å². The molecule has 0 radical (unpaired) electrons. The van der Waals surface area contributed by atoms with Gasteiger partial charge in [-0.25, -0.2) is 4.99 Å². The van der Waals surface area contributed by atoms with Crippen molar-refractivity contribution in [3.8, 4) is 0 Å². The van der Waals surface area contributed by atoms with Gasteiger partial charge in [0.2, 0.25) is 17.8 Å². The number of piperazine rings is 1. The Morgan fingerprint density at radius 1 is 1.13 bits per heavy atom. The van der Waals surface area contributed by atoms with Gasteiger partial charge in [0.15, 0.2) is 0 Å². The Kier molecular flexibility index (Phi) is 5.77. The predicted octanol–water partition coefficient (Wildman–Crippen LogP) is 2.51. The molecule has 2 aliphatic heterocycles. The number of guanidine groups is 2. The summed E-state index contributed by atoms with van der Waals surface area (Å²) in [4.78, 5) is 27.3. The summed E-state index contributed by atoms with van der Waals surface area (Å²) in [7, 11) is 0. The van der Waals surface area contributed by atoms with Gasteiger partial charge in [0.05, 0.1) is 16.4 Å². The van der Waals surface area contributed by atoms with Crippen molar-refractivity contribution in [2.75, 3.05) is 36.0 Å². The number of nitrogens with zero attached hydrogens (tertiary/aromatic N) is 5. The van der Waals surface area contributed by atoms with Gasteiger partial charge in [0.25, 0.3) is 0 Å². The first kappa shape index (κ1) is 20.8. The molecule has 8 nitrogen and oxygen atoms in total. The van der Waals surface area contributed by atoms with Gasteiger partial charge in [-0.15, -0.1) is 0 Å². The summed E-state index contributed by atoms with van der Waals surface area (Å²) in [5, 5.41) is 0.657. The van der Waals surface area contributed by atoms with E-state index >= 15 is 0 Å². The Hall–Kier alpha value is -2.48. The van der Waals surface area contributed by atoms with E-state index in [2.05, 4.69) is 9.89 Å². The highest BCUT2D eigenvalue weighted by Gasteiger charge is 2.44. The lowest BCUT2D eigenvalue weighted by atomic mass is 9.87. The average Bonchev–Trinajstić information content (AvgIpc) is 2.73. The normalized spacial score (nSPS) is 21.5. The van der Waals surface area contributed by atoms with Gasteiger partial charge < -0.3 is 21.3 Å². The number of hydrogen-bond acceptors (Lipinski definition) is 7. The maximum absolute atomic E-state index is 12.1. The number of para-hydroxylation sites is 1. The second kappa shape index (κ2) is 8.34. The number of amides is 1. The van der Waals surface area contributed by atoms with Crippen LogP contribution in [-0.4, -0.2) is 54.6 Å². The third-order valence-electron chi connectivity index (χ3n) is 6.31. The third kappa shape index (κ3) is 3.69. The Bertz CT molecular complexity index is 870. The molecule has 2 heterocycles. The molecule has 0 atom stereocenters. The lowest BCUT2D eigenvalue weighted by Crippen LogP contribution is -2.59. The molecule has 2 fully saturated rings. The number of halogens is 1. The average molecular weight is 432 g/mol. The van der Waals surface area contributed by atoms with Crippen molar-refractivity contribution in [2.45, 2.75) is 51.1 Å². The van der Waals surface area contributed by atoms with Crippen LogP contribution >= 0.6 is 11.6 Å². The zero-order chi connectivity index (χ0) is 21.3. The number of rotatable bonds is 3. The van der Waals surface area contributed by atoms with Crippen LogP contribution in [0.2, 0.25) is 5.02 Å². The predicted molar refractivity (Wildman–Crippen MR) is 122 cm³/mol. The van der Waals surface area contributed by atoms with Crippen molar-refractivity contribution in [2.24, 2.45) is 21.5 Å². The van der Waals surface area contributed by atoms with Crippen LogP contribution in [0.5, 0.6) is 0 Å². The standard InChI is InChI=1S/C21H30ClN7O/c1-2-17(30)27-11-13-28(14-12-27)18-15(22)7-6-8-16(18)29-20(24)25-19(23)26-21(29)9-4-3-5-10-21/h6-8H,2-5,9-14H2,1H3,(H4,23,24,25,26). The molecule has 1 amide bonds. The minimum absolute atomic E-state index is 0.187. The molecular formula is C21H30ClN7O. The first-order valence-electron chi connectivity index (χ1n) is 10.8. The summed E-state index contributed by atoms with van der Waals surface area (Å²) in [5.74, 6) is 0.779. The number of anilines is 2. The van der Waals surface area contributed by atoms with Crippen molar-refractivity contribution >= 4 is 40.8 Å². The molecule has 1 saturated carbocycles. The molecule has 1 aromatic carbocycles. The summed E-state index contributed by atoms with van der Waals surface area (Å²) in [6.07, 6.45) is 5.57. The van der Waals surface area contributed by atoms with Gasteiger partial charge in [0.1, 0.15) is 5.66 Å². The molecule has 1 spiro atoms. The number of aliphatic imine (C=N–C) groups is 2. The zero-order valence-corrected chi connectivity index (χ0v) is 18.2. The van der Waals surface area contributed by atoms with Crippen LogP contribution in [-0.2, 0) is 4.79 Å². The molecule has 0 unspecified atom stereocenters. The number of hydrogen-bond donors (Lipinski definition) is 2. The van der Waals surface area contributed by atoms with Crippen molar-refractivity contribution in [1.29, 1.82) is 0 Å². The molecule has 4 rings (SSSR count). The van der Waals surface area contributed by atoms with Crippen LogP contribution in [0.1, 0.15) is 45.4 Å². The lowest BCUT2D eigenvalue weighted by Gasteiger charge is -2.47. The van der Waals surface area contributed by atoms with Crippen LogP contribution in [0.4, 0.5) is 11.4 Å². The fourth-order valence-corrected chi connectivity index (χ4v) is 5.16. The molecule has 0 bridgehead atoms. The molecule has 1 saturated heterocycles. The molecule has 162 valence electrons. The number of benzene rings is 1. The molecule has 9 heteroatoms. The van der Waals surface area contributed by atoms with Crippen molar-refractivity contribution in [3.05, 3.63) is 23.2 Å². The topological polar surface area (TPSA) is 104 Å². The zero-order valence-electron chi connectivity index (χ0n) is 17.5. The molecule has 3 aliphatic rings. The minimum Gasteiger partial charge on any atom is -0.369 e. The van der Waals surface area contributed by atoms with E-state index in [0.29, 0.717) is 43.6 Å². The Balaban J connectivity index is 1.71. The highest BCUT2D eigenvalue weighted by atomic mass is 35.5. The van der Waals surface area contributed by atoms with Crippen molar-refractivity contribution < 1.29 is 4.79 Å². The molecule has 4 N–H and O–H groups in total. The van der Waals surface area contributed by atoms with Crippen molar-refractivity contribution in [3.63, 3.8) is 0 Å². The number of carbonyl (C=O) groups is 1. The molecule has 1 aromatic rings. The van der Waals surface area contributed by atoms with E-state index in [9.17, 15) is 4.79 Å². The smallest absolute Gasteiger partial charge is 0.222 e. The van der Waals surface area contributed by atoms with Crippen LogP contribution in [0.3, 0.4) is 0 Å². The summed E-state index contributed by atoms with van der Waals surface area (Å²) >= 11 is 6.72. The van der Waals surface area contributed by atoms with E-state index in [0.717, 1.165) is 37.1 Å². The van der Waals surface area contributed by atoms with Gasteiger partial charge in [-0.2, -0.15) is 4.99 Å². The maximum atomic E-state index is 12.1. The Morgan fingerprint density at radius 3 is 2.50 bits per heavy atom. The lowest BCUT2D eigenvalue weighted by molar-refractivity contribution is -0.131. The number of carbonyl (C=O) groups excluding carboxylic acids is 1. The summed E-state index contributed by atoms with van der Waals surface area (Å²) in [5.41, 5.74) is 13.8. The Morgan fingerprint density at radius 2 is 1.83 bits per heavy atom. The highest BCUT2D eigenvalue weighted by Crippen LogP contribution is 2.45. The van der Waals surface area contributed by atoms with Gasteiger partial charge in [-0.05, 0) is 37.8 Å². The Labute approximate surface area is 182 Å². The van der Waals surface area contributed by atoms with E-state index in [1.807, 2.05) is 34.9 Å². The molecular weight excluding hydrogens is 402 g/mol. The van der Waals surface area contributed by atoms with E-state index in [-0.39, 0.29) is 11.9 Å². The highest BCUT2D eigenvalue weighted by molar-refractivity contribution is 6.34. The van der Waals surface area contributed by atoms with Crippen molar-refractivity contribution in [1.82, 2.24) is 4.90 Å². The third-order valence-corrected chi connectivity index (χ3v) is 6.61. The molecule has 1 aliphatic carbocycles. The van der Waals surface area contributed by atoms with Crippen LogP contribution in [0.15, 0.2) is 28.2 Å². The van der Waals surface area contributed by atoms with E-state index in [1.165, 1.54) is 6.42 Å². The first-order valence-corrected chi connectivity index (χ1v) is 11.1. The second-order valence-electron chi connectivity index (χ2n) is 8.15. The summed E-state index contributed by atoms with van der Waals surface area (Å²) in [6.45, 7) is 4.68. The van der Waals surface area contributed by atoms with Gasteiger partial charge >= 0.3 is 0 Å². The largest absolute Gasteiger partial charge is 0.369 e. The van der Waals surface area contributed by atoms with E-state index in [4.69, 9.17) is 28.1 Å². The summed E-state index contributed by atoms with van der Waals surface area (Å²) in [6, 6.07) is 5.86. The summed E-state index contributed by atoms with van der Waals surface area (Å²) < 4.78 is 0. The fourth-order valence-electron chi connectivity index (χ4n) is 4.87. The molecule has 30 heavy (non-hydrogen) atoms.